The summed E-state index contributed by atoms with van der Waals surface area (Å²) < 4.78 is 2.22. The molecule has 2 N–H and O–H groups in total. The molecule has 108 valence electrons. The van der Waals surface area contributed by atoms with Gasteiger partial charge in [0.2, 0.25) is 0 Å². The largest absolute Gasteiger partial charge is 0.399 e. The third-order valence-corrected chi connectivity index (χ3v) is 3.80. The van der Waals surface area contributed by atoms with Gasteiger partial charge in [0, 0.05) is 5.69 Å². The van der Waals surface area contributed by atoms with Crippen molar-refractivity contribution in [3.63, 3.8) is 0 Å². The summed E-state index contributed by atoms with van der Waals surface area (Å²) in [4.78, 5) is 4.66. The Bertz CT molecular complexity index is 807. The molecular formula is C18H21N3. The Morgan fingerprint density at radius 2 is 1.76 bits per heavy atom. The fraction of sp³-hybridized carbons (Fsp3) is 0.278. The van der Waals surface area contributed by atoms with Gasteiger partial charge in [-0.25, -0.2) is 4.98 Å². The molecule has 0 aliphatic heterocycles. The molecule has 0 radical (unpaired) electrons. The zero-order valence-corrected chi connectivity index (χ0v) is 13.0. The topological polar surface area (TPSA) is 43.8 Å². The van der Waals surface area contributed by atoms with E-state index in [1.54, 1.807) is 0 Å². The van der Waals surface area contributed by atoms with E-state index in [1.165, 1.54) is 11.3 Å². The minimum absolute atomic E-state index is 0.0768. The van der Waals surface area contributed by atoms with Crippen LogP contribution in [0.15, 0.2) is 42.5 Å². The molecule has 2 aromatic carbocycles. The molecule has 0 aliphatic rings. The van der Waals surface area contributed by atoms with Gasteiger partial charge in [0.05, 0.1) is 16.7 Å². The minimum atomic E-state index is 0.0768. The molecule has 3 aromatic rings. The van der Waals surface area contributed by atoms with Crippen LogP contribution < -0.4 is 5.73 Å². The highest BCUT2D eigenvalue weighted by Crippen LogP contribution is 2.31. The second-order valence-electron chi connectivity index (χ2n) is 6.51. The highest BCUT2D eigenvalue weighted by atomic mass is 15.1. The van der Waals surface area contributed by atoms with Gasteiger partial charge in [0.25, 0.3) is 0 Å². The fourth-order valence-corrected chi connectivity index (χ4v) is 2.82. The van der Waals surface area contributed by atoms with Gasteiger partial charge in [0.15, 0.2) is 0 Å². The van der Waals surface area contributed by atoms with E-state index in [0.29, 0.717) is 0 Å². The number of para-hydroxylation sites is 1. The maximum atomic E-state index is 5.87. The van der Waals surface area contributed by atoms with E-state index < -0.39 is 0 Å². The molecule has 0 unspecified atom stereocenters. The van der Waals surface area contributed by atoms with Crippen LogP contribution in [0.25, 0.3) is 16.7 Å². The lowest BCUT2D eigenvalue weighted by Crippen LogP contribution is -2.15. The van der Waals surface area contributed by atoms with Crippen molar-refractivity contribution < 1.29 is 0 Å². The van der Waals surface area contributed by atoms with Crippen molar-refractivity contribution in [2.24, 2.45) is 0 Å². The monoisotopic (exact) mass is 279 g/mol. The summed E-state index contributed by atoms with van der Waals surface area (Å²) in [6.07, 6.45) is 0. The number of benzene rings is 2. The molecule has 21 heavy (non-hydrogen) atoms. The fourth-order valence-electron chi connectivity index (χ4n) is 2.82. The van der Waals surface area contributed by atoms with E-state index in [1.807, 2.05) is 25.1 Å². The zero-order valence-electron chi connectivity index (χ0n) is 13.0. The molecule has 0 bridgehead atoms. The Morgan fingerprint density at radius 3 is 2.48 bits per heavy atom. The molecule has 3 heteroatoms. The Morgan fingerprint density at radius 1 is 1.05 bits per heavy atom. The molecule has 3 nitrogen and oxygen atoms in total. The molecule has 0 saturated heterocycles. The molecule has 0 aliphatic carbocycles. The molecule has 0 spiro atoms. The Balaban J connectivity index is 2.34. The van der Waals surface area contributed by atoms with Crippen LogP contribution in [0.5, 0.6) is 0 Å². The highest BCUT2D eigenvalue weighted by molar-refractivity contribution is 5.81. The van der Waals surface area contributed by atoms with Gasteiger partial charge >= 0.3 is 0 Å². The Hall–Kier alpha value is -2.29. The number of nitrogens with two attached hydrogens (primary N) is 1. The lowest BCUT2D eigenvalue weighted by Gasteiger charge is -2.24. The van der Waals surface area contributed by atoms with Crippen molar-refractivity contribution in [2.75, 3.05) is 5.73 Å². The second kappa shape index (κ2) is 4.62. The van der Waals surface area contributed by atoms with Crippen molar-refractivity contribution >= 4 is 16.7 Å². The average molecular weight is 279 g/mol. The van der Waals surface area contributed by atoms with Crippen LogP contribution in [-0.4, -0.2) is 9.55 Å². The first-order valence-electron chi connectivity index (χ1n) is 7.22. The number of aromatic nitrogens is 2. The standard InChI is InChI=1S/C18H21N3/c1-12-20-15-11-13(19)9-10-17(15)21(12)16-8-6-5-7-14(16)18(2,3)4/h5-11H,19H2,1-4H3. The molecule has 0 fully saturated rings. The third kappa shape index (κ3) is 2.29. The number of rotatable bonds is 1. The van der Waals surface area contributed by atoms with Crippen molar-refractivity contribution in [2.45, 2.75) is 33.1 Å². The number of hydrogen-bond donors (Lipinski definition) is 1. The SMILES string of the molecule is Cc1nc2cc(N)ccc2n1-c1ccccc1C(C)(C)C. The van der Waals surface area contributed by atoms with Crippen LogP contribution in [-0.2, 0) is 5.41 Å². The van der Waals surface area contributed by atoms with E-state index in [9.17, 15) is 0 Å². The lowest BCUT2D eigenvalue weighted by atomic mass is 9.85. The molecule has 3 rings (SSSR count). The number of nitrogens with zero attached hydrogens (tertiary/aromatic N) is 2. The van der Waals surface area contributed by atoms with Crippen LogP contribution in [0, 0.1) is 6.92 Å². The van der Waals surface area contributed by atoms with Crippen molar-refractivity contribution in [1.29, 1.82) is 0 Å². The first-order valence-corrected chi connectivity index (χ1v) is 7.22. The molecule has 0 atom stereocenters. The van der Waals surface area contributed by atoms with Crippen molar-refractivity contribution in [3.05, 3.63) is 53.9 Å². The average Bonchev–Trinajstić information content (AvgIpc) is 2.72. The smallest absolute Gasteiger partial charge is 0.111 e. The predicted molar refractivity (Wildman–Crippen MR) is 88.9 cm³/mol. The summed E-state index contributed by atoms with van der Waals surface area (Å²) in [5.74, 6) is 0.979. The van der Waals surface area contributed by atoms with Gasteiger partial charge in [-0.2, -0.15) is 0 Å². The summed E-state index contributed by atoms with van der Waals surface area (Å²) in [5, 5.41) is 0. The highest BCUT2D eigenvalue weighted by Gasteiger charge is 2.20. The van der Waals surface area contributed by atoms with E-state index in [2.05, 4.69) is 54.6 Å². The Kier molecular flexibility index (Phi) is 3.01. The van der Waals surface area contributed by atoms with Crippen molar-refractivity contribution in [3.8, 4) is 5.69 Å². The zero-order chi connectivity index (χ0) is 15.2. The first kappa shape index (κ1) is 13.7. The first-order chi connectivity index (χ1) is 9.88. The van der Waals surface area contributed by atoms with Gasteiger partial charge < -0.3 is 5.73 Å². The quantitative estimate of drug-likeness (QED) is 0.678. The molecule has 0 saturated carbocycles. The van der Waals surface area contributed by atoms with E-state index in [0.717, 1.165) is 22.5 Å². The number of aryl methyl sites for hydroxylation is 1. The van der Waals surface area contributed by atoms with Gasteiger partial charge in [-0.1, -0.05) is 39.0 Å². The van der Waals surface area contributed by atoms with E-state index >= 15 is 0 Å². The van der Waals surface area contributed by atoms with Crippen LogP contribution in [0.3, 0.4) is 0 Å². The maximum absolute atomic E-state index is 5.87. The van der Waals surface area contributed by atoms with Crippen LogP contribution in [0.2, 0.25) is 0 Å². The maximum Gasteiger partial charge on any atom is 0.111 e. The third-order valence-electron chi connectivity index (χ3n) is 3.80. The van der Waals surface area contributed by atoms with E-state index in [-0.39, 0.29) is 5.41 Å². The lowest BCUT2D eigenvalue weighted by molar-refractivity contribution is 0.586. The number of nitrogen functional groups attached to an aromatic ring is 1. The molecule has 1 aromatic heterocycles. The summed E-state index contributed by atoms with van der Waals surface area (Å²) in [5.41, 5.74) is 11.2. The van der Waals surface area contributed by atoms with E-state index in [4.69, 9.17) is 5.73 Å². The number of hydrogen-bond acceptors (Lipinski definition) is 2. The van der Waals surface area contributed by atoms with Crippen LogP contribution in [0.4, 0.5) is 5.69 Å². The number of imidazole rings is 1. The predicted octanol–water partition coefficient (Wildman–Crippen LogP) is 4.21. The summed E-state index contributed by atoms with van der Waals surface area (Å²) in [7, 11) is 0. The second-order valence-corrected chi connectivity index (χ2v) is 6.51. The minimum Gasteiger partial charge on any atom is -0.399 e. The normalized spacial score (nSPS) is 12.0. The van der Waals surface area contributed by atoms with Crippen LogP contribution >= 0.6 is 0 Å². The summed E-state index contributed by atoms with van der Waals surface area (Å²) in [6.45, 7) is 8.74. The van der Waals surface area contributed by atoms with Gasteiger partial charge in [0.1, 0.15) is 5.82 Å². The number of anilines is 1. The summed E-state index contributed by atoms with van der Waals surface area (Å²) >= 11 is 0. The number of fused-ring (bicyclic) bond motifs is 1. The summed E-state index contributed by atoms with van der Waals surface area (Å²) in [6, 6.07) is 14.4. The molecular weight excluding hydrogens is 258 g/mol. The Labute approximate surface area is 125 Å². The van der Waals surface area contributed by atoms with Gasteiger partial charge in [-0.15, -0.1) is 0 Å². The van der Waals surface area contributed by atoms with Crippen LogP contribution in [0.1, 0.15) is 32.2 Å². The van der Waals surface area contributed by atoms with Gasteiger partial charge in [-0.3, -0.25) is 4.57 Å². The van der Waals surface area contributed by atoms with Crippen molar-refractivity contribution in [1.82, 2.24) is 9.55 Å². The molecule has 0 amide bonds. The van der Waals surface area contributed by atoms with Gasteiger partial charge in [-0.05, 0) is 42.2 Å². The molecule has 1 heterocycles.